The van der Waals surface area contributed by atoms with Crippen LogP contribution in [-0.4, -0.2) is 24.4 Å². The lowest BCUT2D eigenvalue weighted by Gasteiger charge is -2.12. The zero-order chi connectivity index (χ0) is 19.7. The summed E-state index contributed by atoms with van der Waals surface area (Å²) in [5.41, 5.74) is 7.61. The Morgan fingerprint density at radius 3 is 2.22 bits per heavy atom. The molecule has 1 aromatic carbocycles. The quantitative estimate of drug-likeness (QED) is 0.508. The van der Waals surface area contributed by atoms with Crippen LogP contribution in [-0.2, 0) is 6.54 Å². The van der Waals surface area contributed by atoms with Gasteiger partial charge in [0.25, 0.3) is 0 Å². The Labute approximate surface area is 161 Å². The summed E-state index contributed by atoms with van der Waals surface area (Å²) in [6.45, 7) is 8.65. The van der Waals surface area contributed by atoms with Gasteiger partial charge in [0.15, 0.2) is 12.4 Å². The Bertz CT molecular complexity index is 982. The Morgan fingerprint density at radius 2 is 1.63 bits per heavy atom. The maximum absolute atomic E-state index is 12.9. The van der Waals surface area contributed by atoms with E-state index in [2.05, 4.69) is 43.5 Å². The van der Waals surface area contributed by atoms with E-state index in [1.807, 2.05) is 61.1 Å². The third-order valence-corrected chi connectivity index (χ3v) is 5.20. The molecule has 140 valence electrons. The number of hydrogen-bond donors (Lipinski definition) is 0. The first-order chi connectivity index (χ1) is 12.8. The molecular formula is C23H28N3O+. The maximum atomic E-state index is 12.9. The lowest BCUT2D eigenvalue weighted by Crippen LogP contribution is -2.37. The summed E-state index contributed by atoms with van der Waals surface area (Å²) in [6, 6.07) is 12.5. The molecule has 2 aromatic heterocycles. The summed E-state index contributed by atoms with van der Waals surface area (Å²) in [7, 11) is 4.01. The van der Waals surface area contributed by atoms with Crippen LogP contribution in [0, 0.1) is 27.7 Å². The molecule has 4 heteroatoms. The molecule has 27 heavy (non-hydrogen) atoms. The van der Waals surface area contributed by atoms with Crippen molar-refractivity contribution < 1.29 is 9.36 Å². The average Bonchev–Trinajstić information content (AvgIpc) is 2.92. The molecule has 4 nitrogen and oxygen atoms in total. The van der Waals surface area contributed by atoms with Gasteiger partial charge in [0.05, 0.1) is 0 Å². The minimum absolute atomic E-state index is 0.126. The van der Waals surface area contributed by atoms with Crippen LogP contribution in [0.4, 0.5) is 5.69 Å². The fourth-order valence-electron chi connectivity index (χ4n) is 3.41. The van der Waals surface area contributed by atoms with Gasteiger partial charge in [-0.15, -0.1) is 0 Å². The monoisotopic (exact) mass is 362 g/mol. The van der Waals surface area contributed by atoms with Crippen molar-refractivity contribution in [3.8, 4) is 5.69 Å². The number of hydrogen-bond acceptors (Lipinski definition) is 2. The Kier molecular flexibility index (Phi) is 5.17. The zero-order valence-electron chi connectivity index (χ0n) is 17.1. The van der Waals surface area contributed by atoms with Crippen molar-refractivity contribution in [1.82, 2.24) is 4.57 Å². The summed E-state index contributed by atoms with van der Waals surface area (Å²) in [4.78, 5) is 15.0. The van der Waals surface area contributed by atoms with Crippen LogP contribution in [0.2, 0.25) is 0 Å². The number of aryl methyl sites for hydroxylation is 3. The lowest BCUT2D eigenvalue weighted by molar-refractivity contribution is -0.683. The fourth-order valence-corrected chi connectivity index (χ4v) is 3.41. The van der Waals surface area contributed by atoms with Crippen molar-refractivity contribution in [3.63, 3.8) is 0 Å². The number of anilines is 1. The van der Waals surface area contributed by atoms with E-state index in [4.69, 9.17) is 0 Å². The van der Waals surface area contributed by atoms with Crippen LogP contribution < -0.4 is 9.47 Å². The number of aromatic nitrogens is 2. The van der Waals surface area contributed by atoms with Crippen molar-refractivity contribution in [2.24, 2.45) is 0 Å². The van der Waals surface area contributed by atoms with Crippen molar-refractivity contribution in [1.29, 1.82) is 0 Å². The van der Waals surface area contributed by atoms with Crippen molar-refractivity contribution >= 4 is 11.5 Å². The van der Waals surface area contributed by atoms with Gasteiger partial charge in [-0.3, -0.25) is 4.79 Å². The Hall–Kier alpha value is -2.88. The third kappa shape index (κ3) is 3.80. The highest BCUT2D eigenvalue weighted by molar-refractivity contribution is 5.96. The van der Waals surface area contributed by atoms with Crippen molar-refractivity contribution in [2.75, 3.05) is 19.0 Å². The highest BCUT2D eigenvalue weighted by Crippen LogP contribution is 2.23. The molecule has 0 aliphatic rings. The molecule has 3 aromatic rings. The molecule has 2 heterocycles. The molecule has 3 rings (SSSR count). The Balaban J connectivity index is 1.89. The fraction of sp³-hybridized carbons (Fsp3) is 0.304. The molecule has 0 unspecified atom stereocenters. The summed E-state index contributed by atoms with van der Waals surface area (Å²) in [5, 5.41) is 0. The van der Waals surface area contributed by atoms with Gasteiger partial charge >= 0.3 is 0 Å². The molecular weight excluding hydrogens is 334 g/mol. The molecule has 0 saturated heterocycles. The maximum Gasteiger partial charge on any atom is 0.229 e. The summed E-state index contributed by atoms with van der Waals surface area (Å²) < 4.78 is 4.09. The van der Waals surface area contributed by atoms with Crippen LogP contribution in [0.3, 0.4) is 0 Å². The van der Waals surface area contributed by atoms with Gasteiger partial charge in [0.1, 0.15) is 0 Å². The number of Topliss-reactive ketones (excluding diaryl/α,β-unsaturated/α-hetero) is 1. The predicted octanol–water partition coefficient (Wildman–Crippen LogP) is 3.95. The smallest absolute Gasteiger partial charge is 0.229 e. The van der Waals surface area contributed by atoms with E-state index in [0.717, 1.165) is 28.3 Å². The number of ketones is 1. The van der Waals surface area contributed by atoms with Crippen LogP contribution in [0.25, 0.3) is 5.69 Å². The highest BCUT2D eigenvalue weighted by atomic mass is 16.1. The third-order valence-electron chi connectivity index (χ3n) is 5.20. The lowest BCUT2D eigenvalue weighted by atomic mass is 10.1. The second-order valence-electron chi connectivity index (χ2n) is 7.44. The van der Waals surface area contributed by atoms with Crippen molar-refractivity contribution in [2.45, 2.75) is 34.2 Å². The molecule has 0 radical (unpaired) electrons. The van der Waals surface area contributed by atoms with E-state index in [1.165, 1.54) is 11.1 Å². The van der Waals surface area contributed by atoms with Gasteiger partial charge < -0.3 is 9.47 Å². The van der Waals surface area contributed by atoms with E-state index >= 15 is 0 Å². The van der Waals surface area contributed by atoms with Gasteiger partial charge in [-0.1, -0.05) is 6.07 Å². The van der Waals surface area contributed by atoms with Gasteiger partial charge in [-0.2, -0.15) is 4.57 Å². The minimum atomic E-state index is 0.126. The predicted molar refractivity (Wildman–Crippen MR) is 110 cm³/mol. The Morgan fingerprint density at radius 1 is 0.963 bits per heavy atom. The number of benzene rings is 1. The normalized spacial score (nSPS) is 10.9. The molecule has 0 aliphatic carbocycles. The van der Waals surface area contributed by atoms with Gasteiger partial charge in [-0.05, 0) is 57.0 Å². The molecule has 0 fully saturated rings. The summed E-state index contributed by atoms with van der Waals surface area (Å²) in [5.74, 6) is 0.126. The SMILES string of the molecule is Cc1ccc(-n2c(C)cc(C(=O)C[n+]3ccc(N(C)C)cc3)c2C)cc1C. The molecule has 0 amide bonds. The van der Waals surface area contributed by atoms with Crippen LogP contribution in [0.5, 0.6) is 0 Å². The van der Waals surface area contributed by atoms with E-state index < -0.39 is 0 Å². The van der Waals surface area contributed by atoms with Crippen LogP contribution in [0.1, 0.15) is 32.9 Å². The first-order valence-electron chi connectivity index (χ1n) is 9.24. The van der Waals surface area contributed by atoms with E-state index in [-0.39, 0.29) is 5.78 Å². The molecule has 0 spiro atoms. The summed E-state index contributed by atoms with van der Waals surface area (Å²) >= 11 is 0. The second-order valence-corrected chi connectivity index (χ2v) is 7.44. The van der Waals surface area contributed by atoms with E-state index in [0.29, 0.717) is 6.54 Å². The van der Waals surface area contributed by atoms with Gasteiger partial charge in [-0.25, -0.2) is 0 Å². The minimum Gasteiger partial charge on any atom is -0.377 e. The first-order valence-corrected chi connectivity index (χ1v) is 9.24. The standard InChI is InChI=1S/C23H28N3O/c1-16-7-8-21(13-17(16)2)26-18(3)14-22(19(26)4)23(27)15-25-11-9-20(10-12-25)24(5)6/h7-14H,15H2,1-6H3/q+1. The number of pyridine rings is 1. The number of carbonyl (C=O) groups is 1. The van der Waals surface area contributed by atoms with Gasteiger partial charge in [0.2, 0.25) is 12.3 Å². The zero-order valence-corrected chi connectivity index (χ0v) is 17.1. The molecule has 0 bridgehead atoms. The molecule has 0 atom stereocenters. The van der Waals surface area contributed by atoms with Crippen LogP contribution in [0.15, 0.2) is 48.8 Å². The van der Waals surface area contributed by atoms with Gasteiger partial charge in [0, 0.05) is 54.6 Å². The number of rotatable bonds is 5. The van der Waals surface area contributed by atoms with E-state index in [1.54, 1.807) is 0 Å². The molecule has 0 saturated carbocycles. The number of nitrogens with zero attached hydrogens (tertiary/aromatic N) is 3. The molecule has 0 aliphatic heterocycles. The second kappa shape index (κ2) is 7.39. The molecule has 0 N–H and O–H groups in total. The summed E-state index contributed by atoms with van der Waals surface area (Å²) in [6.07, 6.45) is 3.91. The largest absolute Gasteiger partial charge is 0.377 e. The van der Waals surface area contributed by atoms with Crippen molar-refractivity contribution in [3.05, 3.63) is 76.9 Å². The number of carbonyl (C=O) groups excluding carboxylic acids is 1. The first kappa shape index (κ1) is 18.9. The highest BCUT2D eigenvalue weighted by Gasteiger charge is 2.20. The van der Waals surface area contributed by atoms with Crippen LogP contribution >= 0.6 is 0 Å². The average molecular weight is 362 g/mol. The van der Waals surface area contributed by atoms with E-state index in [9.17, 15) is 4.79 Å². The topological polar surface area (TPSA) is 29.1 Å².